The lowest BCUT2D eigenvalue weighted by Gasteiger charge is -2.16. The van der Waals surface area contributed by atoms with Gasteiger partial charge in [-0.25, -0.2) is 9.97 Å². The third-order valence-electron chi connectivity index (χ3n) is 11.0. The fourth-order valence-electron chi connectivity index (χ4n) is 8.41. The topological polar surface area (TPSA) is 35.6 Å². The molecule has 0 aliphatic rings. The Morgan fingerprint density at radius 1 is 0.339 bits per heavy atom. The molecule has 4 heteroatoms. The Morgan fingerprint density at radius 3 is 1.62 bits per heavy atom. The zero-order chi connectivity index (χ0) is 37.0. The van der Waals surface area contributed by atoms with Crippen LogP contribution >= 0.6 is 0 Å². The molecular weight excluding hydrogens is 681 g/mol. The average Bonchev–Trinajstić information content (AvgIpc) is 3.80. The summed E-state index contributed by atoms with van der Waals surface area (Å²) < 4.78 is 4.87. The molecule has 11 aromatic rings. The van der Waals surface area contributed by atoms with Crippen LogP contribution in [0.3, 0.4) is 0 Å². The summed E-state index contributed by atoms with van der Waals surface area (Å²) in [6, 6.07) is 73.1. The van der Waals surface area contributed by atoms with Crippen molar-refractivity contribution in [2.45, 2.75) is 0 Å². The monoisotopic (exact) mass is 714 g/mol. The molecule has 11 rings (SSSR count). The van der Waals surface area contributed by atoms with Gasteiger partial charge in [0.1, 0.15) is 0 Å². The Labute approximate surface area is 324 Å². The van der Waals surface area contributed by atoms with Gasteiger partial charge in [0, 0.05) is 43.9 Å². The minimum absolute atomic E-state index is 0.697. The Balaban J connectivity index is 1.19. The van der Waals surface area contributed by atoms with Crippen LogP contribution in [0.4, 0.5) is 0 Å². The molecule has 3 aromatic heterocycles. The van der Waals surface area contributed by atoms with E-state index in [1.165, 1.54) is 43.7 Å². The van der Waals surface area contributed by atoms with E-state index in [0.29, 0.717) is 5.82 Å². The molecule has 0 saturated carbocycles. The van der Waals surface area contributed by atoms with Crippen molar-refractivity contribution in [1.29, 1.82) is 0 Å². The van der Waals surface area contributed by atoms with Gasteiger partial charge in [0.25, 0.3) is 0 Å². The molecule has 262 valence electrons. The van der Waals surface area contributed by atoms with Crippen molar-refractivity contribution in [1.82, 2.24) is 19.1 Å². The van der Waals surface area contributed by atoms with Gasteiger partial charge < -0.3 is 9.13 Å². The van der Waals surface area contributed by atoms with E-state index in [0.717, 1.165) is 50.5 Å². The molecule has 0 saturated heterocycles. The van der Waals surface area contributed by atoms with E-state index in [9.17, 15) is 0 Å². The smallest absolute Gasteiger partial charge is 0.160 e. The molecular formula is C52H34N4. The maximum absolute atomic E-state index is 5.29. The predicted molar refractivity (Wildman–Crippen MR) is 232 cm³/mol. The van der Waals surface area contributed by atoms with Crippen molar-refractivity contribution in [2.24, 2.45) is 0 Å². The number of para-hydroxylation sites is 3. The first-order valence-corrected chi connectivity index (χ1v) is 19.0. The van der Waals surface area contributed by atoms with Gasteiger partial charge in [0.05, 0.1) is 39.1 Å². The van der Waals surface area contributed by atoms with Crippen molar-refractivity contribution in [3.05, 3.63) is 206 Å². The summed E-state index contributed by atoms with van der Waals surface area (Å²) in [5.74, 6) is 0.697. The Morgan fingerprint density at radius 2 is 0.893 bits per heavy atom. The standard InChI is InChI=1S/C52H34N4/c1-4-16-35(17-5-1)36-28-30-39(31-29-36)55-48-27-15-12-24-43(48)50-49(55)33-32-41-40-22-10-13-25-46(40)56(51(41)50)47-26-14-11-23-42(47)45-34-44(37-18-6-2-7-19-37)53-52(54-45)38-20-8-3-9-21-38/h1-34H. The summed E-state index contributed by atoms with van der Waals surface area (Å²) in [5, 5.41) is 4.85. The largest absolute Gasteiger partial charge is 0.309 e. The summed E-state index contributed by atoms with van der Waals surface area (Å²) in [6.45, 7) is 0. The summed E-state index contributed by atoms with van der Waals surface area (Å²) in [6.07, 6.45) is 0. The highest BCUT2D eigenvalue weighted by molar-refractivity contribution is 6.26. The lowest BCUT2D eigenvalue weighted by Crippen LogP contribution is -2.01. The molecule has 3 heterocycles. The van der Waals surface area contributed by atoms with Crippen LogP contribution in [0.1, 0.15) is 0 Å². The van der Waals surface area contributed by atoms with E-state index in [1.54, 1.807) is 0 Å². The van der Waals surface area contributed by atoms with Crippen LogP contribution in [0.2, 0.25) is 0 Å². The molecule has 0 aliphatic carbocycles. The molecule has 0 atom stereocenters. The summed E-state index contributed by atoms with van der Waals surface area (Å²) in [5.41, 5.74) is 14.1. The van der Waals surface area contributed by atoms with Crippen LogP contribution in [0.5, 0.6) is 0 Å². The molecule has 0 unspecified atom stereocenters. The van der Waals surface area contributed by atoms with Crippen LogP contribution in [-0.2, 0) is 0 Å². The Bertz CT molecular complexity index is 3160. The van der Waals surface area contributed by atoms with E-state index >= 15 is 0 Å². The van der Waals surface area contributed by atoms with Gasteiger partial charge in [-0.1, -0.05) is 164 Å². The van der Waals surface area contributed by atoms with Crippen LogP contribution in [0, 0.1) is 0 Å². The molecule has 0 bridgehead atoms. The van der Waals surface area contributed by atoms with Crippen molar-refractivity contribution < 1.29 is 0 Å². The minimum Gasteiger partial charge on any atom is -0.309 e. The second-order valence-corrected chi connectivity index (χ2v) is 14.2. The zero-order valence-corrected chi connectivity index (χ0v) is 30.4. The molecule has 0 radical (unpaired) electrons. The van der Waals surface area contributed by atoms with Gasteiger partial charge in [-0.05, 0) is 53.6 Å². The highest BCUT2D eigenvalue weighted by Gasteiger charge is 2.23. The van der Waals surface area contributed by atoms with Gasteiger partial charge in [-0.3, -0.25) is 0 Å². The average molecular weight is 715 g/mol. The summed E-state index contributed by atoms with van der Waals surface area (Å²) in [4.78, 5) is 10.4. The molecule has 56 heavy (non-hydrogen) atoms. The molecule has 0 N–H and O–H groups in total. The predicted octanol–water partition coefficient (Wildman–Crippen LogP) is 13.3. The first kappa shape index (κ1) is 31.9. The molecule has 0 fully saturated rings. The van der Waals surface area contributed by atoms with Crippen LogP contribution in [-0.4, -0.2) is 19.1 Å². The van der Waals surface area contributed by atoms with Crippen molar-refractivity contribution in [3.8, 4) is 56.4 Å². The molecule has 0 aliphatic heterocycles. The normalized spacial score (nSPS) is 11.6. The number of rotatable bonds is 6. The minimum atomic E-state index is 0.697. The quantitative estimate of drug-likeness (QED) is 0.172. The Hall–Kier alpha value is -7.56. The molecule has 0 spiro atoms. The fraction of sp³-hybridized carbons (Fsp3) is 0. The maximum Gasteiger partial charge on any atom is 0.160 e. The number of hydrogen-bond donors (Lipinski definition) is 0. The molecule has 4 nitrogen and oxygen atoms in total. The van der Waals surface area contributed by atoms with E-state index in [2.05, 4.69) is 191 Å². The highest BCUT2D eigenvalue weighted by atomic mass is 15.0. The number of aromatic nitrogens is 4. The first-order chi connectivity index (χ1) is 27.8. The number of nitrogens with zero attached hydrogens (tertiary/aromatic N) is 4. The third kappa shape index (κ3) is 5.15. The number of fused-ring (bicyclic) bond motifs is 7. The lowest BCUT2D eigenvalue weighted by molar-refractivity contribution is 1.15. The maximum atomic E-state index is 5.29. The van der Waals surface area contributed by atoms with Crippen LogP contribution < -0.4 is 0 Å². The van der Waals surface area contributed by atoms with Crippen molar-refractivity contribution in [3.63, 3.8) is 0 Å². The third-order valence-corrected chi connectivity index (χ3v) is 11.0. The second kappa shape index (κ2) is 13.1. The van der Waals surface area contributed by atoms with Gasteiger partial charge in [-0.2, -0.15) is 0 Å². The van der Waals surface area contributed by atoms with E-state index in [-0.39, 0.29) is 0 Å². The lowest BCUT2D eigenvalue weighted by atomic mass is 10.0. The highest BCUT2D eigenvalue weighted by Crippen LogP contribution is 2.43. The number of hydrogen-bond acceptors (Lipinski definition) is 2. The van der Waals surface area contributed by atoms with E-state index in [1.807, 2.05) is 24.3 Å². The fourth-order valence-corrected chi connectivity index (χ4v) is 8.41. The molecule has 0 amide bonds. The SMILES string of the molecule is c1ccc(-c2ccc(-n3c4ccccc4c4c3ccc3c5ccccc5n(-c5ccccc5-c5cc(-c6ccccc6)nc(-c6ccccc6)n5)c34)cc2)cc1. The van der Waals surface area contributed by atoms with Crippen LogP contribution in [0.15, 0.2) is 206 Å². The zero-order valence-electron chi connectivity index (χ0n) is 30.4. The van der Waals surface area contributed by atoms with E-state index < -0.39 is 0 Å². The first-order valence-electron chi connectivity index (χ1n) is 19.0. The Kier molecular flexibility index (Phi) is 7.46. The van der Waals surface area contributed by atoms with Crippen molar-refractivity contribution >= 4 is 43.6 Å². The molecule has 8 aromatic carbocycles. The number of benzene rings is 8. The van der Waals surface area contributed by atoms with Crippen molar-refractivity contribution in [2.75, 3.05) is 0 Å². The summed E-state index contributed by atoms with van der Waals surface area (Å²) >= 11 is 0. The van der Waals surface area contributed by atoms with Gasteiger partial charge in [0.2, 0.25) is 0 Å². The summed E-state index contributed by atoms with van der Waals surface area (Å²) in [7, 11) is 0. The van der Waals surface area contributed by atoms with Gasteiger partial charge in [-0.15, -0.1) is 0 Å². The van der Waals surface area contributed by atoms with Crippen LogP contribution in [0.25, 0.3) is 100 Å². The van der Waals surface area contributed by atoms with Gasteiger partial charge in [0.15, 0.2) is 5.82 Å². The van der Waals surface area contributed by atoms with E-state index in [4.69, 9.17) is 9.97 Å². The van der Waals surface area contributed by atoms with Gasteiger partial charge >= 0.3 is 0 Å². The second-order valence-electron chi connectivity index (χ2n) is 14.2.